The smallest absolute Gasteiger partial charge is 0.271 e. The van der Waals surface area contributed by atoms with Gasteiger partial charge in [-0.1, -0.05) is 17.8 Å². The van der Waals surface area contributed by atoms with Gasteiger partial charge in [-0.15, -0.1) is 0 Å². The van der Waals surface area contributed by atoms with E-state index in [1.807, 2.05) is 60.9 Å². The first kappa shape index (κ1) is 30.7. The highest BCUT2D eigenvalue weighted by Gasteiger charge is 2.42. The van der Waals surface area contributed by atoms with Crippen LogP contribution >= 0.6 is 24.0 Å². The highest BCUT2D eigenvalue weighted by atomic mass is 32.2. The molecule has 0 aliphatic carbocycles. The summed E-state index contributed by atoms with van der Waals surface area (Å²) in [5, 5.41) is 26.7. The van der Waals surface area contributed by atoms with Crippen LogP contribution in [0.4, 0.5) is 17.1 Å². The zero-order valence-corrected chi connectivity index (χ0v) is 26.6. The number of nitro groups is 2. The van der Waals surface area contributed by atoms with E-state index in [0.29, 0.717) is 16.5 Å². The lowest BCUT2D eigenvalue weighted by Gasteiger charge is -2.28. The zero-order chi connectivity index (χ0) is 32.5. The minimum absolute atomic E-state index is 0.0340. The van der Waals surface area contributed by atoms with E-state index in [1.54, 1.807) is 31.5 Å². The van der Waals surface area contributed by atoms with Crippen molar-refractivity contribution in [3.05, 3.63) is 140 Å². The normalized spacial score (nSPS) is 15.9. The van der Waals surface area contributed by atoms with Crippen LogP contribution in [-0.2, 0) is 0 Å². The number of methoxy groups -OCH3 is 1. The Hall–Kier alpha value is -5.27. The van der Waals surface area contributed by atoms with E-state index in [9.17, 15) is 20.2 Å². The molecule has 1 saturated heterocycles. The molecule has 2 atom stereocenters. The topological polar surface area (TPSA) is 129 Å². The van der Waals surface area contributed by atoms with Gasteiger partial charge in [0.2, 0.25) is 0 Å². The Balaban J connectivity index is 1.41. The van der Waals surface area contributed by atoms with Gasteiger partial charge in [-0.3, -0.25) is 25.2 Å². The lowest BCUT2D eigenvalue weighted by Crippen LogP contribution is -2.29. The van der Waals surface area contributed by atoms with Crippen molar-refractivity contribution in [3.63, 3.8) is 0 Å². The van der Waals surface area contributed by atoms with Crippen LogP contribution in [0.25, 0.3) is 5.69 Å². The quantitative estimate of drug-likeness (QED) is 0.0963. The third-order valence-corrected chi connectivity index (χ3v) is 9.23. The molecule has 0 bridgehead atoms. The molecule has 11 nitrogen and oxygen atoms in total. The van der Waals surface area contributed by atoms with Gasteiger partial charge >= 0.3 is 0 Å². The zero-order valence-electron chi connectivity index (χ0n) is 25.0. The Morgan fingerprint density at radius 1 is 0.891 bits per heavy atom. The molecule has 3 heterocycles. The first-order valence-corrected chi connectivity index (χ1v) is 15.4. The molecule has 6 rings (SSSR count). The molecule has 0 saturated carbocycles. The minimum Gasteiger partial charge on any atom is -0.495 e. The number of aryl methyl sites for hydroxylation is 1. The molecule has 2 unspecified atom stereocenters. The molecule has 0 amide bonds. The van der Waals surface area contributed by atoms with Gasteiger partial charge in [0.15, 0.2) is 5.11 Å². The largest absolute Gasteiger partial charge is 0.495 e. The molecule has 1 aliphatic rings. The summed E-state index contributed by atoms with van der Waals surface area (Å²) < 4.78 is 7.59. The van der Waals surface area contributed by atoms with Gasteiger partial charge in [-0.25, -0.2) is 0 Å². The summed E-state index contributed by atoms with van der Waals surface area (Å²) in [6.07, 6.45) is 1.75. The fourth-order valence-corrected chi connectivity index (χ4v) is 6.98. The SMILES string of the molecule is COc1ccc([N+](=O)[O-])cc1-n1c(C)cc(C2C(c3ccccn3)NC(=S)N2c2ccc(Sc3ccc([N+](=O)[O-])cc3)cc2)c1C. The molecule has 46 heavy (non-hydrogen) atoms. The molecule has 2 aromatic heterocycles. The first-order valence-electron chi connectivity index (χ1n) is 14.2. The number of non-ortho nitro benzene ring substituents is 2. The van der Waals surface area contributed by atoms with Gasteiger partial charge in [0.05, 0.1) is 40.4 Å². The molecular formula is C33H28N6O5S2. The monoisotopic (exact) mass is 652 g/mol. The standard InChI is InChI=1S/C33H28N6O5S2/c1-20-18-27(21(2)36(20)29-19-24(39(42)43)11-16-30(29)44-3)32-31(28-6-4-5-17-34-28)35-33(45)37(32)22-7-12-25(13-8-22)46-26-14-9-23(10-15-26)38(40)41/h4-19,31-32H,1-3H3,(H,35,45). The summed E-state index contributed by atoms with van der Waals surface area (Å²) in [5.74, 6) is 0.512. The molecule has 0 radical (unpaired) electrons. The van der Waals surface area contributed by atoms with Gasteiger partial charge in [0.25, 0.3) is 11.4 Å². The number of ether oxygens (including phenoxy) is 1. The highest BCUT2D eigenvalue weighted by Crippen LogP contribution is 2.45. The lowest BCUT2D eigenvalue weighted by atomic mass is 9.96. The number of nitrogens with zero attached hydrogens (tertiary/aromatic N) is 5. The Morgan fingerprint density at radius 2 is 1.54 bits per heavy atom. The van der Waals surface area contributed by atoms with E-state index in [1.165, 1.54) is 36.0 Å². The van der Waals surface area contributed by atoms with Crippen molar-refractivity contribution in [3.8, 4) is 11.4 Å². The Bertz CT molecular complexity index is 1950. The number of thiocarbonyl (C=S) groups is 1. The summed E-state index contributed by atoms with van der Waals surface area (Å²) in [6, 6.07) is 26.2. The number of aromatic nitrogens is 2. The molecule has 1 aliphatic heterocycles. The van der Waals surface area contributed by atoms with Crippen LogP contribution in [0.2, 0.25) is 0 Å². The molecule has 1 fully saturated rings. The van der Waals surface area contributed by atoms with Crippen molar-refractivity contribution in [1.82, 2.24) is 14.9 Å². The Morgan fingerprint density at radius 3 is 2.15 bits per heavy atom. The van der Waals surface area contributed by atoms with E-state index in [4.69, 9.17) is 17.0 Å². The van der Waals surface area contributed by atoms with E-state index in [-0.39, 0.29) is 23.5 Å². The van der Waals surface area contributed by atoms with Crippen molar-refractivity contribution in [2.75, 3.05) is 12.0 Å². The number of anilines is 1. The Labute approximate surface area is 274 Å². The van der Waals surface area contributed by atoms with E-state index < -0.39 is 9.85 Å². The average molecular weight is 653 g/mol. The molecule has 1 N–H and O–H groups in total. The second-order valence-corrected chi connectivity index (χ2v) is 12.2. The predicted molar refractivity (Wildman–Crippen MR) is 180 cm³/mol. The van der Waals surface area contributed by atoms with E-state index in [2.05, 4.69) is 21.3 Å². The summed E-state index contributed by atoms with van der Waals surface area (Å²) in [5.41, 5.74) is 4.99. The van der Waals surface area contributed by atoms with Gasteiger partial charge in [0, 0.05) is 57.3 Å². The fourth-order valence-electron chi connectivity index (χ4n) is 5.82. The minimum atomic E-state index is -0.417. The number of rotatable bonds is 9. The van der Waals surface area contributed by atoms with Gasteiger partial charge in [-0.2, -0.15) is 0 Å². The maximum Gasteiger partial charge on any atom is 0.271 e. The predicted octanol–water partition coefficient (Wildman–Crippen LogP) is 7.64. The summed E-state index contributed by atoms with van der Waals surface area (Å²) in [6.45, 7) is 3.94. The van der Waals surface area contributed by atoms with Gasteiger partial charge in [-0.05, 0) is 92.3 Å². The molecule has 232 valence electrons. The van der Waals surface area contributed by atoms with Crippen molar-refractivity contribution in [2.24, 2.45) is 0 Å². The fraction of sp³-hybridized carbons (Fsp3) is 0.152. The number of benzene rings is 3. The highest BCUT2D eigenvalue weighted by molar-refractivity contribution is 7.99. The van der Waals surface area contributed by atoms with Crippen LogP contribution < -0.4 is 15.0 Å². The van der Waals surface area contributed by atoms with Gasteiger partial charge < -0.3 is 19.5 Å². The third-order valence-electron chi connectivity index (χ3n) is 7.90. The number of pyridine rings is 1. The maximum absolute atomic E-state index is 11.7. The Kier molecular flexibility index (Phi) is 8.43. The van der Waals surface area contributed by atoms with Crippen LogP contribution in [0, 0.1) is 34.1 Å². The molecule has 0 spiro atoms. The first-order chi connectivity index (χ1) is 22.2. The van der Waals surface area contributed by atoms with Gasteiger partial charge in [0.1, 0.15) is 5.75 Å². The maximum atomic E-state index is 11.7. The van der Waals surface area contributed by atoms with Crippen LogP contribution in [0.3, 0.4) is 0 Å². The molecule has 5 aromatic rings. The number of hydrogen-bond donors (Lipinski definition) is 1. The lowest BCUT2D eigenvalue weighted by molar-refractivity contribution is -0.385. The number of nitrogens with one attached hydrogen (secondary N) is 1. The summed E-state index contributed by atoms with van der Waals surface area (Å²) in [7, 11) is 1.54. The van der Waals surface area contributed by atoms with E-state index >= 15 is 0 Å². The van der Waals surface area contributed by atoms with Crippen molar-refractivity contribution < 1.29 is 14.6 Å². The van der Waals surface area contributed by atoms with E-state index in [0.717, 1.165) is 38.1 Å². The molecule has 3 aromatic carbocycles. The second-order valence-electron chi connectivity index (χ2n) is 10.6. The van der Waals surface area contributed by atoms with Crippen LogP contribution in [-0.4, -0.2) is 31.6 Å². The average Bonchev–Trinajstić information content (AvgIpc) is 3.55. The van der Waals surface area contributed by atoms with Crippen LogP contribution in [0.1, 0.15) is 34.7 Å². The summed E-state index contributed by atoms with van der Waals surface area (Å²) >= 11 is 7.44. The van der Waals surface area contributed by atoms with Crippen molar-refractivity contribution in [2.45, 2.75) is 35.7 Å². The third kappa shape index (κ3) is 5.77. The molecular weight excluding hydrogens is 625 g/mol. The van der Waals surface area contributed by atoms with Crippen LogP contribution in [0.5, 0.6) is 5.75 Å². The van der Waals surface area contributed by atoms with Crippen molar-refractivity contribution in [1.29, 1.82) is 0 Å². The summed E-state index contributed by atoms with van der Waals surface area (Å²) in [4.78, 5) is 30.4. The van der Waals surface area contributed by atoms with Crippen molar-refractivity contribution >= 4 is 46.2 Å². The van der Waals surface area contributed by atoms with Crippen LogP contribution in [0.15, 0.2) is 107 Å². The number of hydrogen-bond acceptors (Lipinski definition) is 8. The molecule has 13 heteroatoms. The second kappa shape index (κ2) is 12.6. The number of nitro benzene ring substituents is 2.